The Kier molecular flexibility index (Phi) is 4.48. The van der Waals surface area contributed by atoms with E-state index < -0.39 is 0 Å². The molecule has 8 nitrogen and oxygen atoms in total. The molecule has 0 spiro atoms. The molecule has 1 saturated carbocycles. The second-order valence-corrected chi connectivity index (χ2v) is 7.23. The molecular formula is C18H25N7O. The lowest BCUT2D eigenvalue weighted by atomic mass is 9.85. The van der Waals surface area contributed by atoms with Gasteiger partial charge in [0.15, 0.2) is 0 Å². The molecular weight excluding hydrogens is 330 g/mol. The van der Waals surface area contributed by atoms with Crippen molar-refractivity contribution in [2.24, 2.45) is 5.92 Å². The zero-order valence-electron chi connectivity index (χ0n) is 15.4. The lowest BCUT2D eigenvalue weighted by Crippen LogP contribution is -2.35. The molecule has 0 unspecified atom stereocenters. The third-order valence-electron chi connectivity index (χ3n) is 5.14. The van der Waals surface area contributed by atoms with Crippen LogP contribution in [-0.2, 0) is 24.4 Å². The number of rotatable bonds is 5. The summed E-state index contributed by atoms with van der Waals surface area (Å²) in [6.45, 7) is 2.84. The molecule has 2 aromatic rings. The van der Waals surface area contributed by atoms with Gasteiger partial charge in [-0.1, -0.05) is 6.42 Å². The van der Waals surface area contributed by atoms with Crippen LogP contribution < -0.4 is 15.1 Å². The Bertz CT molecular complexity index is 797. The van der Waals surface area contributed by atoms with Crippen molar-refractivity contribution in [1.29, 1.82) is 0 Å². The van der Waals surface area contributed by atoms with Crippen LogP contribution in [0.1, 0.15) is 30.7 Å². The SMILES string of the molecule is CN(C)c1ccnc(N2CCn3nc(CNC(=O)C4CCC4)cc3C2)n1. The fraction of sp³-hybridized carbons (Fsp3) is 0.556. The molecule has 1 fully saturated rings. The summed E-state index contributed by atoms with van der Waals surface area (Å²) in [5.74, 6) is 2.01. The number of amides is 1. The Hall–Kier alpha value is -2.64. The first-order valence-corrected chi connectivity index (χ1v) is 9.19. The first-order chi connectivity index (χ1) is 12.6. The van der Waals surface area contributed by atoms with E-state index in [1.54, 1.807) is 6.20 Å². The molecule has 26 heavy (non-hydrogen) atoms. The van der Waals surface area contributed by atoms with E-state index in [-0.39, 0.29) is 11.8 Å². The van der Waals surface area contributed by atoms with Gasteiger partial charge in [-0.05, 0) is 25.0 Å². The lowest BCUT2D eigenvalue weighted by molar-refractivity contribution is -0.127. The van der Waals surface area contributed by atoms with Gasteiger partial charge in [0, 0.05) is 32.8 Å². The molecule has 0 saturated heterocycles. The number of nitrogens with one attached hydrogen (secondary N) is 1. The van der Waals surface area contributed by atoms with Crippen molar-refractivity contribution in [2.75, 3.05) is 30.4 Å². The van der Waals surface area contributed by atoms with Crippen LogP contribution in [0.5, 0.6) is 0 Å². The maximum absolute atomic E-state index is 12.0. The van der Waals surface area contributed by atoms with Crippen molar-refractivity contribution < 1.29 is 4.79 Å². The van der Waals surface area contributed by atoms with Crippen LogP contribution in [0.15, 0.2) is 18.3 Å². The van der Waals surface area contributed by atoms with Gasteiger partial charge in [-0.2, -0.15) is 10.1 Å². The van der Waals surface area contributed by atoms with Crippen LogP contribution in [0.25, 0.3) is 0 Å². The van der Waals surface area contributed by atoms with Crippen molar-refractivity contribution in [2.45, 2.75) is 38.9 Å². The number of hydrogen-bond acceptors (Lipinski definition) is 6. The van der Waals surface area contributed by atoms with E-state index in [0.717, 1.165) is 55.6 Å². The molecule has 2 aromatic heterocycles. The minimum absolute atomic E-state index is 0.165. The van der Waals surface area contributed by atoms with E-state index in [1.165, 1.54) is 6.42 Å². The zero-order valence-corrected chi connectivity index (χ0v) is 15.4. The van der Waals surface area contributed by atoms with E-state index in [0.29, 0.717) is 6.54 Å². The second kappa shape index (κ2) is 6.93. The number of anilines is 2. The lowest BCUT2D eigenvalue weighted by Gasteiger charge is -2.28. The molecule has 3 heterocycles. The van der Waals surface area contributed by atoms with Crippen molar-refractivity contribution in [3.8, 4) is 0 Å². The standard InChI is InChI=1S/C18H25N7O/c1-23(2)16-6-7-19-18(21-16)24-8-9-25-15(12-24)10-14(22-25)11-20-17(26)13-4-3-5-13/h6-7,10,13H,3-5,8-9,11-12H2,1-2H3,(H,20,26). The molecule has 1 amide bonds. The summed E-state index contributed by atoms with van der Waals surface area (Å²) >= 11 is 0. The van der Waals surface area contributed by atoms with E-state index in [2.05, 4.69) is 31.3 Å². The predicted octanol–water partition coefficient (Wildman–Crippen LogP) is 1.18. The Morgan fingerprint density at radius 3 is 2.92 bits per heavy atom. The van der Waals surface area contributed by atoms with Crippen molar-refractivity contribution >= 4 is 17.7 Å². The number of fused-ring (bicyclic) bond motifs is 1. The third kappa shape index (κ3) is 3.36. The van der Waals surface area contributed by atoms with Crippen LogP contribution in [0.3, 0.4) is 0 Å². The Morgan fingerprint density at radius 2 is 2.19 bits per heavy atom. The van der Waals surface area contributed by atoms with E-state index in [9.17, 15) is 4.79 Å². The first-order valence-electron chi connectivity index (χ1n) is 9.19. The highest BCUT2D eigenvalue weighted by molar-refractivity contribution is 5.79. The van der Waals surface area contributed by atoms with Gasteiger partial charge in [0.2, 0.25) is 11.9 Å². The molecule has 1 aliphatic heterocycles. The normalized spacial score (nSPS) is 16.8. The van der Waals surface area contributed by atoms with Crippen molar-refractivity contribution in [1.82, 2.24) is 25.1 Å². The monoisotopic (exact) mass is 355 g/mol. The number of carbonyl (C=O) groups excluding carboxylic acids is 1. The highest BCUT2D eigenvalue weighted by Crippen LogP contribution is 2.26. The Balaban J connectivity index is 1.41. The molecule has 0 aromatic carbocycles. The quantitative estimate of drug-likeness (QED) is 0.868. The minimum atomic E-state index is 0.165. The molecule has 1 aliphatic carbocycles. The number of carbonyl (C=O) groups is 1. The van der Waals surface area contributed by atoms with Crippen LogP contribution in [0.2, 0.25) is 0 Å². The number of aromatic nitrogens is 4. The number of nitrogens with zero attached hydrogens (tertiary/aromatic N) is 6. The van der Waals surface area contributed by atoms with Gasteiger partial charge < -0.3 is 15.1 Å². The fourth-order valence-corrected chi connectivity index (χ4v) is 3.32. The topological polar surface area (TPSA) is 79.2 Å². The average Bonchev–Trinajstić information content (AvgIpc) is 3.00. The summed E-state index contributed by atoms with van der Waals surface area (Å²) in [5, 5.41) is 7.64. The largest absolute Gasteiger partial charge is 0.363 e. The van der Waals surface area contributed by atoms with Gasteiger partial charge in [0.05, 0.1) is 31.0 Å². The van der Waals surface area contributed by atoms with Gasteiger partial charge in [0.25, 0.3) is 0 Å². The van der Waals surface area contributed by atoms with Crippen molar-refractivity contribution in [3.05, 3.63) is 29.7 Å². The van der Waals surface area contributed by atoms with Crippen molar-refractivity contribution in [3.63, 3.8) is 0 Å². The van der Waals surface area contributed by atoms with E-state index >= 15 is 0 Å². The van der Waals surface area contributed by atoms with Gasteiger partial charge in [0.1, 0.15) is 5.82 Å². The smallest absolute Gasteiger partial charge is 0.227 e. The summed E-state index contributed by atoms with van der Waals surface area (Å²) < 4.78 is 2.02. The maximum atomic E-state index is 12.0. The summed E-state index contributed by atoms with van der Waals surface area (Å²) in [4.78, 5) is 25.2. The number of hydrogen-bond donors (Lipinski definition) is 1. The van der Waals surface area contributed by atoms with Crippen LogP contribution in [0.4, 0.5) is 11.8 Å². The first kappa shape index (κ1) is 16.8. The van der Waals surface area contributed by atoms with Gasteiger partial charge >= 0.3 is 0 Å². The highest BCUT2D eigenvalue weighted by Gasteiger charge is 2.25. The molecule has 0 bridgehead atoms. The summed E-state index contributed by atoms with van der Waals surface area (Å²) in [6, 6.07) is 3.98. The molecule has 4 rings (SSSR count). The maximum Gasteiger partial charge on any atom is 0.227 e. The molecule has 0 radical (unpaired) electrons. The molecule has 2 aliphatic rings. The molecule has 8 heteroatoms. The fourth-order valence-electron chi connectivity index (χ4n) is 3.32. The third-order valence-corrected chi connectivity index (χ3v) is 5.14. The average molecular weight is 355 g/mol. The predicted molar refractivity (Wildman–Crippen MR) is 98.8 cm³/mol. The molecule has 0 atom stereocenters. The van der Waals surface area contributed by atoms with Crippen LogP contribution >= 0.6 is 0 Å². The molecule has 138 valence electrons. The summed E-state index contributed by atoms with van der Waals surface area (Å²) in [7, 11) is 3.95. The van der Waals surface area contributed by atoms with E-state index in [1.807, 2.05) is 29.7 Å². The summed E-state index contributed by atoms with van der Waals surface area (Å²) in [6.07, 6.45) is 5.01. The second-order valence-electron chi connectivity index (χ2n) is 7.23. The summed E-state index contributed by atoms with van der Waals surface area (Å²) in [5.41, 5.74) is 2.04. The van der Waals surface area contributed by atoms with E-state index in [4.69, 9.17) is 0 Å². The van der Waals surface area contributed by atoms with Gasteiger partial charge in [-0.15, -0.1) is 0 Å². The zero-order chi connectivity index (χ0) is 18.1. The Morgan fingerprint density at radius 1 is 1.35 bits per heavy atom. The minimum Gasteiger partial charge on any atom is -0.363 e. The van der Waals surface area contributed by atoms with Crippen LogP contribution in [0, 0.1) is 5.92 Å². The van der Waals surface area contributed by atoms with Gasteiger partial charge in [-0.25, -0.2) is 4.98 Å². The molecule has 1 N–H and O–H groups in total. The van der Waals surface area contributed by atoms with Gasteiger partial charge in [-0.3, -0.25) is 9.48 Å². The highest BCUT2D eigenvalue weighted by atomic mass is 16.1. The van der Waals surface area contributed by atoms with Crippen LogP contribution in [-0.4, -0.2) is 46.3 Å². The Labute approximate surface area is 153 Å².